The molecular formula is C24H19ClN6O2. The number of hydrogen-bond acceptors (Lipinski definition) is 5. The van der Waals surface area contributed by atoms with Gasteiger partial charge in [-0.3, -0.25) is 4.79 Å². The van der Waals surface area contributed by atoms with E-state index in [2.05, 4.69) is 25.9 Å². The van der Waals surface area contributed by atoms with Crippen LogP contribution in [-0.4, -0.2) is 37.7 Å². The van der Waals surface area contributed by atoms with Crippen molar-refractivity contribution in [1.82, 2.24) is 25.2 Å². The molecule has 2 aromatic heterocycles. The number of aromatic amines is 1. The summed E-state index contributed by atoms with van der Waals surface area (Å²) < 4.78 is 7.55. The third-order valence-electron chi connectivity index (χ3n) is 5.13. The molecule has 8 nitrogen and oxygen atoms in total. The van der Waals surface area contributed by atoms with Crippen LogP contribution in [0.5, 0.6) is 0 Å². The number of aromatic nitrogens is 5. The molecule has 5 aromatic rings. The van der Waals surface area contributed by atoms with Crippen molar-refractivity contribution in [2.75, 3.05) is 11.9 Å². The Bertz CT molecular complexity index is 1400. The van der Waals surface area contributed by atoms with Gasteiger partial charge in [0.15, 0.2) is 0 Å². The minimum atomic E-state index is -0.235. The Morgan fingerprint density at radius 1 is 1.06 bits per heavy atom. The molecule has 2 N–H and O–H groups in total. The molecule has 0 radical (unpaired) electrons. The first kappa shape index (κ1) is 20.9. The molecule has 9 heteroatoms. The molecule has 0 bridgehead atoms. The largest absolute Gasteiger partial charge is 0.367 e. The van der Waals surface area contributed by atoms with E-state index in [0.29, 0.717) is 28.7 Å². The Morgan fingerprint density at radius 3 is 2.76 bits per heavy atom. The molecule has 5 rings (SSSR count). The lowest BCUT2D eigenvalue weighted by molar-refractivity contribution is -0.121. The van der Waals surface area contributed by atoms with Crippen molar-refractivity contribution in [3.63, 3.8) is 0 Å². The van der Waals surface area contributed by atoms with Gasteiger partial charge < -0.3 is 14.6 Å². The number of rotatable bonds is 7. The van der Waals surface area contributed by atoms with Gasteiger partial charge >= 0.3 is 0 Å². The number of benzene rings is 3. The third-order valence-corrected chi connectivity index (χ3v) is 5.37. The molecule has 1 amide bonds. The molecule has 33 heavy (non-hydrogen) atoms. The fraction of sp³-hybridized carbons (Fsp3) is 0.0833. The molecule has 164 valence electrons. The summed E-state index contributed by atoms with van der Waals surface area (Å²) in [5.74, 6) is 0.186. The van der Waals surface area contributed by atoms with Crippen LogP contribution in [0.2, 0.25) is 5.02 Å². The van der Waals surface area contributed by atoms with Gasteiger partial charge in [0.2, 0.25) is 11.7 Å². The average molecular weight is 459 g/mol. The number of fused-ring (bicyclic) bond motifs is 1. The van der Waals surface area contributed by atoms with Crippen LogP contribution in [0.3, 0.4) is 0 Å². The number of tetrazole rings is 1. The molecule has 0 fully saturated rings. The topological polar surface area (TPSA) is 97.7 Å². The summed E-state index contributed by atoms with van der Waals surface area (Å²) in [6.45, 7) is 0.314. The van der Waals surface area contributed by atoms with E-state index >= 15 is 0 Å². The molecule has 0 aliphatic heterocycles. The summed E-state index contributed by atoms with van der Waals surface area (Å²) in [5.41, 5.74) is 4.03. The van der Waals surface area contributed by atoms with Gasteiger partial charge in [0.05, 0.1) is 23.5 Å². The molecule has 3 aromatic carbocycles. The van der Waals surface area contributed by atoms with Gasteiger partial charge in [0.25, 0.3) is 0 Å². The summed E-state index contributed by atoms with van der Waals surface area (Å²) in [6, 6.07) is 22.9. The van der Waals surface area contributed by atoms with Crippen LogP contribution in [-0.2, 0) is 16.1 Å². The molecule has 0 spiro atoms. The first-order chi connectivity index (χ1) is 16.2. The van der Waals surface area contributed by atoms with Crippen molar-refractivity contribution in [1.29, 1.82) is 0 Å². The van der Waals surface area contributed by atoms with Gasteiger partial charge in [-0.15, -0.1) is 10.2 Å². The van der Waals surface area contributed by atoms with E-state index in [9.17, 15) is 4.79 Å². The smallest absolute Gasteiger partial charge is 0.250 e. The lowest BCUT2D eigenvalue weighted by Gasteiger charge is -2.14. The number of halogens is 1. The van der Waals surface area contributed by atoms with Crippen molar-refractivity contribution in [2.45, 2.75) is 6.61 Å². The average Bonchev–Trinajstić information content (AvgIpc) is 3.51. The van der Waals surface area contributed by atoms with Crippen LogP contribution in [0.25, 0.3) is 28.0 Å². The van der Waals surface area contributed by atoms with Gasteiger partial charge in [0.1, 0.15) is 6.61 Å². The van der Waals surface area contributed by atoms with Crippen molar-refractivity contribution in [3.05, 3.63) is 89.6 Å². The van der Waals surface area contributed by atoms with E-state index in [4.69, 9.17) is 16.3 Å². The maximum Gasteiger partial charge on any atom is 0.250 e. The fourth-order valence-corrected chi connectivity index (χ4v) is 3.86. The highest BCUT2D eigenvalue weighted by molar-refractivity contribution is 6.31. The lowest BCUT2D eigenvalue weighted by Crippen LogP contribution is -2.18. The monoisotopic (exact) mass is 458 g/mol. The number of nitrogens with one attached hydrogen (secondary N) is 2. The number of H-pyrrole nitrogens is 1. The van der Waals surface area contributed by atoms with Crippen molar-refractivity contribution in [2.24, 2.45) is 0 Å². The summed E-state index contributed by atoms with van der Waals surface area (Å²) in [6.07, 6.45) is 1.93. The van der Waals surface area contributed by atoms with E-state index < -0.39 is 0 Å². The molecule has 0 saturated heterocycles. The van der Waals surface area contributed by atoms with E-state index in [1.54, 1.807) is 12.1 Å². The highest BCUT2D eigenvalue weighted by atomic mass is 35.5. The molecular weight excluding hydrogens is 440 g/mol. The van der Waals surface area contributed by atoms with Crippen molar-refractivity contribution < 1.29 is 9.53 Å². The van der Waals surface area contributed by atoms with Crippen molar-refractivity contribution >= 4 is 34.1 Å². The first-order valence-electron chi connectivity index (χ1n) is 10.2. The van der Waals surface area contributed by atoms with Crippen LogP contribution >= 0.6 is 11.6 Å². The summed E-state index contributed by atoms with van der Waals surface area (Å²) in [7, 11) is 0. The van der Waals surface area contributed by atoms with Crippen LogP contribution in [0.15, 0.2) is 79.0 Å². The molecule has 0 saturated carbocycles. The minimum absolute atomic E-state index is 0.0545. The highest BCUT2D eigenvalue weighted by Crippen LogP contribution is 2.33. The number of carbonyl (C=O) groups is 1. The van der Waals surface area contributed by atoms with E-state index in [-0.39, 0.29) is 12.5 Å². The maximum atomic E-state index is 12.6. The Balaban J connectivity index is 1.43. The lowest BCUT2D eigenvalue weighted by atomic mass is 10.1. The zero-order valence-electron chi connectivity index (χ0n) is 17.4. The summed E-state index contributed by atoms with van der Waals surface area (Å²) >= 11 is 6.24. The normalized spacial score (nSPS) is 11.1. The van der Waals surface area contributed by atoms with E-state index in [1.165, 1.54) is 0 Å². The Hall–Kier alpha value is -4.01. The van der Waals surface area contributed by atoms with Crippen LogP contribution in [0.1, 0.15) is 5.56 Å². The van der Waals surface area contributed by atoms with Crippen molar-refractivity contribution in [3.8, 4) is 17.1 Å². The molecule has 0 aliphatic rings. The number of hydrogen-bond donors (Lipinski definition) is 2. The minimum Gasteiger partial charge on any atom is -0.367 e. The van der Waals surface area contributed by atoms with Gasteiger partial charge in [-0.25, -0.2) is 0 Å². The van der Waals surface area contributed by atoms with Crippen LogP contribution in [0, 0.1) is 0 Å². The summed E-state index contributed by atoms with van der Waals surface area (Å²) in [4.78, 5) is 12.6. The quantitative estimate of drug-likeness (QED) is 0.371. The standard InChI is InChI=1S/C24H19ClN6O2/c25-18-9-10-21(19(13-18)24-27-29-30-28-24)31-12-11-17-7-4-8-20(23(17)31)26-22(32)15-33-14-16-5-2-1-3-6-16/h1-13H,14-15H2,(H,26,32)(H,27,28,29,30). The van der Waals surface area contributed by atoms with Crippen LogP contribution < -0.4 is 5.32 Å². The SMILES string of the molecule is O=C(COCc1ccccc1)Nc1cccc2ccn(-c3ccc(Cl)cc3-c3nn[nH]n3)c12. The number of anilines is 1. The zero-order chi connectivity index (χ0) is 22.6. The highest BCUT2D eigenvalue weighted by Gasteiger charge is 2.16. The van der Waals surface area contributed by atoms with Gasteiger partial charge in [-0.05, 0) is 41.1 Å². The number of para-hydroxylation sites is 1. The zero-order valence-corrected chi connectivity index (χ0v) is 18.2. The van der Waals surface area contributed by atoms with E-state index in [0.717, 1.165) is 22.2 Å². The first-order valence-corrected chi connectivity index (χ1v) is 10.6. The predicted octanol–water partition coefficient (Wildman–Crippen LogP) is 4.62. The van der Waals surface area contributed by atoms with Gasteiger partial charge in [0, 0.05) is 22.2 Å². The Morgan fingerprint density at radius 2 is 1.94 bits per heavy atom. The number of carbonyl (C=O) groups excluding carboxylic acids is 1. The molecule has 0 unspecified atom stereocenters. The van der Waals surface area contributed by atoms with E-state index in [1.807, 2.05) is 71.4 Å². The van der Waals surface area contributed by atoms with Crippen LogP contribution in [0.4, 0.5) is 5.69 Å². The summed E-state index contributed by atoms with van der Waals surface area (Å²) in [5, 5.41) is 18.8. The number of nitrogens with zero attached hydrogens (tertiary/aromatic N) is 4. The van der Waals surface area contributed by atoms with Gasteiger partial charge in [-0.1, -0.05) is 54.1 Å². The second-order valence-corrected chi connectivity index (χ2v) is 7.79. The second kappa shape index (κ2) is 9.23. The predicted molar refractivity (Wildman–Crippen MR) is 126 cm³/mol. The Labute approximate surface area is 194 Å². The number of ether oxygens (including phenoxy) is 1. The Kier molecular flexibility index (Phi) is 5.84. The second-order valence-electron chi connectivity index (χ2n) is 7.35. The third kappa shape index (κ3) is 4.48. The fourth-order valence-electron chi connectivity index (χ4n) is 3.69. The van der Waals surface area contributed by atoms with Gasteiger partial charge in [-0.2, -0.15) is 5.21 Å². The molecule has 0 atom stereocenters. The molecule has 2 heterocycles. The maximum absolute atomic E-state index is 12.6. The number of amides is 1. The molecule has 0 aliphatic carbocycles.